The molecule has 1 unspecified atom stereocenters. The number of rotatable bonds is 3. The Morgan fingerprint density at radius 1 is 1.25 bits per heavy atom. The van der Waals surface area contributed by atoms with E-state index in [0.29, 0.717) is 37.4 Å². The molecular weight excluding hydrogens is 338 g/mol. The molecule has 0 spiro atoms. The standard InChI is InChI=1S/C16H17ClF2N4O/c1-10(12-3-2-11(18)8-13(12)19)22-4-6-23(7-5-22)14-9-20-21-16(24)15(14)17/h2-3,8-10H,4-7H2,1H3,(H,21,24). The third-order valence-electron chi connectivity index (χ3n) is 4.39. The molecule has 1 aromatic heterocycles. The maximum absolute atomic E-state index is 14.0. The van der Waals surface area contributed by atoms with Crippen LogP contribution in [0, 0.1) is 11.6 Å². The largest absolute Gasteiger partial charge is 0.366 e. The zero-order valence-electron chi connectivity index (χ0n) is 13.1. The van der Waals surface area contributed by atoms with Crippen molar-refractivity contribution < 1.29 is 8.78 Å². The average Bonchev–Trinajstić information content (AvgIpc) is 2.57. The number of piperazine rings is 1. The molecule has 2 heterocycles. The minimum atomic E-state index is -0.579. The van der Waals surface area contributed by atoms with Crippen molar-refractivity contribution >= 4 is 17.3 Å². The second kappa shape index (κ2) is 6.86. The fourth-order valence-corrected chi connectivity index (χ4v) is 3.19. The van der Waals surface area contributed by atoms with Crippen molar-refractivity contribution in [2.24, 2.45) is 0 Å². The second-order valence-corrected chi connectivity index (χ2v) is 6.14. The number of hydrogen-bond donors (Lipinski definition) is 1. The summed E-state index contributed by atoms with van der Waals surface area (Å²) >= 11 is 6.03. The van der Waals surface area contributed by atoms with E-state index in [1.165, 1.54) is 18.3 Å². The Kier molecular flexibility index (Phi) is 4.82. The van der Waals surface area contributed by atoms with Crippen LogP contribution in [0.4, 0.5) is 14.5 Å². The summed E-state index contributed by atoms with van der Waals surface area (Å²) in [4.78, 5) is 15.6. The molecule has 128 valence electrons. The molecule has 1 aromatic carbocycles. The molecule has 1 aliphatic heterocycles. The number of nitrogens with zero attached hydrogens (tertiary/aromatic N) is 3. The Morgan fingerprint density at radius 3 is 2.62 bits per heavy atom. The van der Waals surface area contributed by atoms with E-state index in [0.717, 1.165) is 6.07 Å². The summed E-state index contributed by atoms with van der Waals surface area (Å²) in [5.74, 6) is -1.11. The maximum Gasteiger partial charge on any atom is 0.285 e. The Bertz CT molecular complexity index is 790. The minimum absolute atomic E-state index is 0.121. The van der Waals surface area contributed by atoms with Crippen LogP contribution >= 0.6 is 11.6 Å². The normalized spacial score (nSPS) is 17.1. The predicted octanol–water partition coefficient (Wildman–Crippen LogP) is 2.58. The molecule has 2 aromatic rings. The van der Waals surface area contributed by atoms with Gasteiger partial charge in [-0.25, -0.2) is 13.9 Å². The Labute approximate surface area is 142 Å². The molecule has 0 amide bonds. The fraction of sp³-hybridized carbons (Fsp3) is 0.375. The van der Waals surface area contributed by atoms with Gasteiger partial charge < -0.3 is 4.90 Å². The fourth-order valence-electron chi connectivity index (χ4n) is 2.98. The highest BCUT2D eigenvalue weighted by Crippen LogP contribution is 2.27. The van der Waals surface area contributed by atoms with E-state index in [-0.39, 0.29) is 11.1 Å². The van der Waals surface area contributed by atoms with Crippen LogP contribution in [0.2, 0.25) is 5.02 Å². The smallest absolute Gasteiger partial charge is 0.285 e. The first-order chi connectivity index (χ1) is 11.5. The molecule has 3 rings (SSSR count). The van der Waals surface area contributed by atoms with Gasteiger partial charge in [0.2, 0.25) is 0 Å². The SMILES string of the molecule is CC(c1ccc(F)cc1F)N1CCN(c2cn[nH]c(=O)c2Cl)CC1. The molecule has 0 aliphatic carbocycles. The highest BCUT2D eigenvalue weighted by molar-refractivity contribution is 6.32. The van der Waals surface area contributed by atoms with Gasteiger partial charge in [-0.1, -0.05) is 17.7 Å². The van der Waals surface area contributed by atoms with Crippen molar-refractivity contribution in [2.75, 3.05) is 31.1 Å². The molecule has 0 radical (unpaired) electrons. The van der Waals surface area contributed by atoms with Gasteiger partial charge in [0.25, 0.3) is 5.56 Å². The van der Waals surface area contributed by atoms with Crippen molar-refractivity contribution in [3.8, 4) is 0 Å². The van der Waals surface area contributed by atoms with Gasteiger partial charge in [0.15, 0.2) is 0 Å². The Morgan fingerprint density at radius 2 is 1.96 bits per heavy atom. The van der Waals surface area contributed by atoms with Crippen molar-refractivity contribution in [3.63, 3.8) is 0 Å². The van der Waals surface area contributed by atoms with Crippen LogP contribution in [0.3, 0.4) is 0 Å². The summed E-state index contributed by atoms with van der Waals surface area (Å²) in [6.45, 7) is 4.51. The van der Waals surface area contributed by atoms with Crippen molar-refractivity contribution in [1.29, 1.82) is 0 Å². The van der Waals surface area contributed by atoms with E-state index < -0.39 is 17.2 Å². The number of anilines is 1. The van der Waals surface area contributed by atoms with E-state index in [1.54, 1.807) is 0 Å². The van der Waals surface area contributed by atoms with Gasteiger partial charge >= 0.3 is 0 Å². The van der Waals surface area contributed by atoms with E-state index in [2.05, 4.69) is 15.1 Å². The van der Waals surface area contributed by atoms with Gasteiger partial charge in [-0.3, -0.25) is 9.69 Å². The molecule has 1 saturated heterocycles. The van der Waals surface area contributed by atoms with Gasteiger partial charge in [-0.15, -0.1) is 0 Å². The quantitative estimate of drug-likeness (QED) is 0.920. The van der Waals surface area contributed by atoms with Crippen molar-refractivity contribution in [2.45, 2.75) is 13.0 Å². The number of halogens is 3. The molecule has 8 heteroatoms. The van der Waals surface area contributed by atoms with Crippen LogP contribution < -0.4 is 10.5 Å². The number of nitrogens with one attached hydrogen (secondary N) is 1. The number of benzene rings is 1. The molecule has 1 fully saturated rings. The molecule has 1 N–H and O–H groups in total. The summed E-state index contributed by atoms with van der Waals surface area (Å²) < 4.78 is 27.0. The highest BCUT2D eigenvalue weighted by Gasteiger charge is 2.25. The lowest BCUT2D eigenvalue weighted by Gasteiger charge is -2.39. The lowest BCUT2D eigenvalue weighted by molar-refractivity contribution is 0.195. The molecule has 0 saturated carbocycles. The molecule has 24 heavy (non-hydrogen) atoms. The highest BCUT2D eigenvalue weighted by atomic mass is 35.5. The number of H-pyrrole nitrogens is 1. The molecule has 0 bridgehead atoms. The van der Waals surface area contributed by atoms with Crippen molar-refractivity contribution in [1.82, 2.24) is 15.1 Å². The zero-order valence-corrected chi connectivity index (χ0v) is 13.9. The van der Waals surface area contributed by atoms with Crippen LogP contribution in [0.1, 0.15) is 18.5 Å². The van der Waals surface area contributed by atoms with Crippen LogP contribution in [0.15, 0.2) is 29.2 Å². The molecule has 1 atom stereocenters. The van der Waals surface area contributed by atoms with Crippen LogP contribution in [-0.2, 0) is 0 Å². The first kappa shape index (κ1) is 16.9. The van der Waals surface area contributed by atoms with Crippen LogP contribution in [0.25, 0.3) is 0 Å². The van der Waals surface area contributed by atoms with E-state index in [9.17, 15) is 13.6 Å². The lowest BCUT2D eigenvalue weighted by atomic mass is 10.1. The van der Waals surface area contributed by atoms with Crippen LogP contribution in [-0.4, -0.2) is 41.3 Å². The average molecular weight is 355 g/mol. The first-order valence-electron chi connectivity index (χ1n) is 7.64. The Hall–Kier alpha value is -1.99. The maximum atomic E-state index is 14.0. The number of hydrogen-bond acceptors (Lipinski definition) is 4. The number of aromatic nitrogens is 2. The summed E-state index contributed by atoms with van der Waals surface area (Å²) in [6.07, 6.45) is 1.53. The topological polar surface area (TPSA) is 52.2 Å². The van der Waals surface area contributed by atoms with Gasteiger partial charge in [-0.05, 0) is 13.0 Å². The van der Waals surface area contributed by atoms with E-state index in [1.807, 2.05) is 11.8 Å². The van der Waals surface area contributed by atoms with Gasteiger partial charge in [0.05, 0.1) is 11.9 Å². The van der Waals surface area contributed by atoms with Gasteiger partial charge in [0, 0.05) is 43.9 Å². The summed E-state index contributed by atoms with van der Waals surface area (Å²) in [6, 6.07) is 3.50. The van der Waals surface area contributed by atoms with Gasteiger partial charge in [0.1, 0.15) is 16.7 Å². The van der Waals surface area contributed by atoms with E-state index >= 15 is 0 Å². The van der Waals surface area contributed by atoms with Crippen LogP contribution in [0.5, 0.6) is 0 Å². The summed E-state index contributed by atoms with van der Waals surface area (Å²) in [5, 5.41) is 6.19. The summed E-state index contributed by atoms with van der Waals surface area (Å²) in [7, 11) is 0. The molecule has 1 aliphatic rings. The third-order valence-corrected chi connectivity index (χ3v) is 4.76. The third kappa shape index (κ3) is 3.27. The van der Waals surface area contributed by atoms with E-state index in [4.69, 9.17) is 11.6 Å². The molecular formula is C16H17ClF2N4O. The monoisotopic (exact) mass is 354 g/mol. The number of aromatic amines is 1. The summed E-state index contributed by atoms with van der Waals surface area (Å²) in [5.41, 5.74) is 0.653. The lowest BCUT2D eigenvalue weighted by Crippen LogP contribution is -2.47. The first-order valence-corrected chi connectivity index (χ1v) is 8.02. The zero-order chi connectivity index (χ0) is 17.3. The predicted molar refractivity (Wildman–Crippen MR) is 88.4 cm³/mol. The minimum Gasteiger partial charge on any atom is -0.366 e. The Balaban J connectivity index is 1.70. The van der Waals surface area contributed by atoms with Gasteiger partial charge in [-0.2, -0.15) is 5.10 Å². The molecule has 5 nitrogen and oxygen atoms in total. The second-order valence-electron chi connectivity index (χ2n) is 5.76. The van der Waals surface area contributed by atoms with Crippen molar-refractivity contribution in [3.05, 3.63) is 57.0 Å².